The van der Waals surface area contributed by atoms with Crippen LogP contribution in [0.3, 0.4) is 0 Å². The Bertz CT molecular complexity index is 376. The zero-order valence-electron chi connectivity index (χ0n) is 9.27. The van der Waals surface area contributed by atoms with Crippen LogP contribution in [-0.2, 0) is 10.4 Å². The number of ether oxygens (including phenoxy) is 1. The van der Waals surface area contributed by atoms with Crippen LogP contribution in [0, 0.1) is 0 Å². The van der Waals surface area contributed by atoms with Crippen molar-refractivity contribution >= 4 is 5.78 Å². The molecule has 4 nitrogen and oxygen atoms in total. The van der Waals surface area contributed by atoms with E-state index in [0.29, 0.717) is 37.1 Å². The third-order valence-electron chi connectivity index (χ3n) is 3.08. The second kappa shape index (κ2) is 4.22. The van der Waals surface area contributed by atoms with E-state index in [1.165, 1.54) is 0 Å². The molecule has 2 rings (SSSR count). The van der Waals surface area contributed by atoms with Crippen molar-refractivity contribution in [1.82, 2.24) is 4.98 Å². The number of hydrogen-bond donors (Lipinski definition) is 1. The first-order valence-corrected chi connectivity index (χ1v) is 5.39. The number of aromatic nitrogens is 1. The predicted octanol–water partition coefficient (Wildman–Crippen LogP) is 1.42. The molecule has 1 aromatic heterocycles. The first-order valence-electron chi connectivity index (χ1n) is 5.39. The average Bonchev–Trinajstić information content (AvgIpc) is 2.33. The molecule has 1 N–H and O–H groups in total. The number of carbonyl (C=O) groups is 1. The molecule has 86 valence electrons. The van der Waals surface area contributed by atoms with Crippen molar-refractivity contribution in [3.63, 3.8) is 0 Å². The first-order chi connectivity index (χ1) is 7.64. The third kappa shape index (κ3) is 2.07. The molecule has 1 aliphatic rings. The predicted molar refractivity (Wildman–Crippen MR) is 58.2 cm³/mol. The molecule has 0 amide bonds. The van der Waals surface area contributed by atoms with Crippen molar-refractivity contribution in [3.05, 3.63) is 24.0 Å². The van der Waals surface area contributed by atoms with E-state index >= 15 is 0 Å². The molecule has 0 bridgehead atoms. The van der Waals surface area contributed by atoms with Crippen LogP contribution in [0.4, 0.5) is 0 Å². The highest BCUT2D eigenvalue weighted by Gasteiger charge is 2.35. The van der Waals surface area contributed by atoms with Crippen molar-refractivity contribution in [2.24, 2.45) is 0 Å². The average molecular weight is 221 g/mol. The summed E-state index contributed by atoms with van der Waals surface area (Å²) in [4.78, 5) is 15.3. The maximum Gasteiger partial charge on any atom is 0.137 e. The van der Waals surface area contributed by atoms with Gasteiger partial charge in [-0.05, 0) is 25.0 Å². The Balaban J connectivity index is 2.19. The second-order valence-corrected chi connectivity index (χ2v) is 4.15. The molecule has 1 saturated carbocycles. The van der Waals surface area contributed by atoms with Crippen LogP contribution in [0.15, 0.2) is 18.3 Å². The number of ketones is 1. The van der Waals surface area contributed by atoms with Gasteiger partial charge in [0.2, 0.25) is 0 Å². The molecule has 0 aromatic carbocycles. The summed E-state index contributed by atoms with van der Waals surface area (Å²) in [7, 11) is 1.57. The monoisotopic (exact) mass is 221 g/mol. The molecule has 0 saturated heterocycles. The van der Waals surface area contributed by atoms with Gasteiger partial charge >= 0.3 is 0 Å². The van der Waals surface area contributed by atoms with Gasteiger partial charge in [0.1, 0.15) is 17.1 Å². The fourth-order valence-electron chi connectivity index (χ4n) is 1.97. The number of pyridine rings is 1. The van der Waals surface area contributed by atoms with Crippen molar-refractivity contribution in [2.45, 2.75) is 31.3 Å². The van der Waals surface area contributed by atoms with Crippen LogP contribution in [0.1, 0.15) is 31.4 Å². The van der Waals surface area contributed by atoms with Gasteiger partial charge in [0, 0.05) is 12.8 Å². The molecule has 0 aliphatic heterocycles. The van der Waals surface area contributed by atoms with Gasteiger partial charge in [0.15, 0.2) is 0 Å². The van der Waals surface area contributed by atoms with Gasteiger partial charge in [0.05, 0.1) is 19.0 Å². The van der Waals surface area contributed by atoms with Gasteiger partial charge in [0.25, 0.3) is 0 Å². The van der Waals surface area contributed by atoms with E-state index in [4.69, 9.17) is 4.74 Å². The van der Waals surface area contributed by atoms with Crippen LogP contribution < -0.4 is 4.74 Å². The highest BCUT2D eigenvalue weighted by molar-refractivity contribution is 5.79. The SMILES string of the molecule is COc1ccc(C2(O)CCC(=O)CC2)nc1. The smallest absolute Gasteiger partial charge is 0.137 e. The van der Waals surface area contributed by atoms with Crippen LogP contribution in [0.5, 0.6) is 5.75 Å². The van der Waals surface area contributed by atoms with Gasteiger partial charge in [-0.25, -0.2) is 0 Å². The molecule has 1 aromatic rings. The summed E-state index contributed by atoms with van der Waals surface area (Å²) in [5.74, 6) is 0.887. The van der Waals surface area contributed by atoms with Crippen molar-refractivity contribution in [1.29, 1.82) is 0 Å². The molecule has 0 spiro atoms. The molecule has 1 fully saturated rings. The maximum atomic E-state index is 11.1. The normalized spacial score (nSPS) is 19.5. The van der Waals surface area contributed by atoms with Crippen LogP contribution in [0.25, 0.3) is 0 Å². The van der Waals surface area contributed by atoms with Crippen LogP contribution in [-0.4, -0.2) is 23.0 Å². The Morgan fingerprint density at radius 1 is 1.38 bits per heavy atom. The standard InChI is InChI=1S/C12H15NO3/c1-16-10-2-3-11(13-8-10)12(15)6-4-9(14)5-7-12/h2-3,8,15H,4-7H2,1H3. The minimum absolute atomic E-state index is 0.221. The van der Waals surface area contributed by atoms with Gasteiger partial charge in [-0.1, -0.05) is 0 Å². The quantitative estimate of drug-likeness (QED) is 0.820. The molecular weight excluding hydrogens is 206 g/mol. The number of hydrogen-bond acceptors (Lipinski definition) is 4. The van der Waals surface area contributed by atoms with Gasteiger partial charge in [-0.3, -0.25) is 9.78 Å². The number of nitrogens with zero attached hydrogens (tertiary/aromatic N) is 1. The first kappa shape index (κ1) is 11.1. The second-order valence-electron chi connectivity index (χ2n) is 4.15. The van der Waals surface area contributed by atoms with E-state index in [9.17, 15) is 9.90 Å². The molecular formula is C12H15NO3. The van der Waals surface area contributed by atoms with Gasteiger partial charge < -0.3 is 9.84 Å². The molecule has 0 atom stereocenters. The Kier molecular flexibility index (Phi) is 2.92. The Morgan fingerprint density at radius 2 is 2.06 bits per heavy atom. The fourth-order valence-corrected chi connectivity index (χ4v) is 1.97. The lowest BCUT2D eigenvalue weighted by Gasteiger charge is -2.30. The number of aliphatic hydroxyl groups is 1. The Labute approximate surface area is 94.3 Å². The van der Waals surface area contributed by atoms with E-state index in [-0.39, 0.29) is 5.78 Å². The number of carbonyl (C=O) groups excluding carboxylic acids is 1. The lowest BCUT2D eigenvalue weighted by molar-refractivity contribution is -0.125. The molecule has 16 heavy (non-hydrogen) atoms. The molecule has 1 aliphatic carbocycles. The fraction of sp³-hybridized carbons (Fsp3) is 0.500. The summed E-state index contributed by atoms with van der Waals surface area (Å²) in [6.07, 6.45) is 3.38. The summed E-state index contributed by atoms with van der Waals surface area (Å²) < 4.78 is 5.01. The van der Waals surface area contributed by atoms with E-state index in [2.05, 4.69) is 4.98 Å². The van der Waals surface area contributed by atoms with Gasteiger partial charge in [-0.15, -0.1) is 0 Å². The van der Waals surface area contributed by atoms with Crippen LogP contribution in [0.2, 0.25) is 0 Å². The summed E-state index contributed by atoms with van der Waals surface area (Å²) in [5, 5.41) is 10.4. The summed E-state index contributed by atoms with van der Waals surface area (Å²) >= 11 is 0. The zero-order valence-corrected chi connectivity index (χ0v) is 9.27. The molecule has 0 radical (unpaired) electrons. The van der Waals surface area contributed by atoms with E-state index in [1.54, 1.807) is 25.4 Å². The molecule has 0 unspecified atom stereocenters. The zero-order chi connectivity index (χ0) is 11.6. The van der Waals surface area contributed by atoms with Crippen molar-refractivity contribution in [2.75, 3.05) is 7.11 Å². The third-order valence-corrected chi connectivity index (χ3v) is 3.08. The number of Topliss-reactive ketones (excluding diaryl/α,β-unsaturated/α-hetero) is 1. The number of methoxy groups -OCH3 is 1. The highest BCUT2D eigenvalue weighted by Crippen LogP contribution is 2.34. The van der Waals surface area contributed by atoms with E-state index in [1.807, 2.05) is 0 Å². The van der Waals surface area contributed by atoms with Crippen molar-refractivity contribution < 1.29 is 14.6 Å². The molecule has 4 heteroatoms. The largest absolute Gasteiger partial charge is 0.495 e. The molecule has 1 heterocycles. The minimum Gasteiger partial charge on any atom is -0.495 e. The Morgan fingerprint density at radius 3 is 2.56 bits per heavy atom. The maximum absolute atomic E-state index is 11.1. The van der Waals surface area contributed by atoms with Gasteiger partial charge in [-0.2, -0.15) is 0 Å². The lowest BCUT2D eigenvalue weighted by atomic mass is 9.81. The summed E-state index contributed by atoms with van der Waals surface area (Å²) in [6.45, 7) is 0. The lowest BCUT2D eigenvalue weighted by Crippen LogP contribution is -2.32. The summed E-state index contributed by atoms with van der Waals surface area (Å²) in [5.41, 5.74) is -0.319. The van der Waals surface area contributed by atoms with E-state index in [0.717, 1.165) is 0 Å². The summed E-state index contributed by atoms with van der Waals surface area (Å²) in [6, 6.07) is 3.53. The Hall–Kier alpha value is -1.42. The topological polar surface area (TPSA) is 59.4 Å². The number of rotatable bonds is 2. The van der Waals surface area contributed by atoms with E-state index < -0.39 is 5.60 Å². The van der Waals surface area contributed by atoms with Crippen molar-refractivity contribution in [3.8, 4) is 5.75 Å². The van der Waals surface area contributed by atoms with Crippen LogP contribution >= 0.6 is 0 Å². The minimum atomic E-state index is -0.944. The highest BCUT2D eigenvalue weighted by atomic mass is 16.5.